The highest BCUT2D eigenvalue weighted by Gasteiger charge is 2.19. The fourth-order valence-corrected chi connectivity index (χ4v) is 1.71. The quantitative estimate of drug-likeness (QED) is 0.839. The zero-order valence-corrected chi connectivity index (χ0v) is 9.68. The molecule has 0 aromatic carbocycles. The van der Waals surface area contributed by atoms with Crippen LogP contribution in [0, 0.1) is 0 Å². The molecule has 0 amide bonds. The molecule has 2 aromatic rings. The first-order chi connectivity index (χ1) is 7.61. The monoisotopic (exact) mass is 217 g/mol. The van der Waals surface area contributed by atoms with Gasteiger partial charge < -0.3 is 5.11 Å². The lowest BCUT2D eigenvalue weighted by Gasteiger charge is -2.01. The average molecular weight is 217 g/mol. The summed E-state index contributed by atoms with van der Waals surface area (Å²) in [6.45, 7) is 4.01. The van der Waals surface area contributed by atoms with E-state index in [1.165, 1.54) is 0 Å². The van der Waals surface area contributed by atoms with Crippen LogP contribution in [0.3, 0.4) is 0 Å². The maximum absolute atomic E-state index is 10.1. The third-order valence-electron chi connectivity index (χ3n) is 2.50. The van der Waals surface area contributed by atoms with Gasteiger partial charge in [-0.3, -0.25) is 9.67 Å². The number of pyridine rings is 1. The van der Waals surface area contributed by atoms with Gasteiger partial charge in [0, 0.05) is 19.2 Å². The van der Waals surface area contributed by atoms with Crippen molar-refractivity contribution < 1.29 is 5.11 Å². The summed E-state index contributed by atoms with van der Waals surface area (Å²) >= 11 is 0. The molecule has 0 saturated carbocycles. The van der Waals surface area contributed by atoms with Crippen molar-refractivity contribution in [3.63, 3.8) is 0 Å². The molecule has 1 N–H and O–H groups in total. The Bertz CT molecular complexity index is 488. The number of rotatable bonds is 2. The van der Waals surface area contributed by atoms with Crippen molar-refractivity contribution in [2.45, 2.75) is 19.8 Å². The zero-order valence-electron chi connectivity index (χ0n) is 9.68. The normalized spacial score (nSPS) is 11.0. The van der Waals surface area contributed by atoms with Gasteiger partial charge in [-0.15, -0.1) is 0 Å². The van der Waals surface area contributed by atoms with Gasteiger partial charge in [0.25, 0.3) is 0 Å². The van der Waals surface area contributed by atoms with Crippen LogP contribution in [0.2, 0.25) is 0 Å². The van der Waals surface area contributed by atoms with Gasteiger partial charge in [-0.2, -0.15) is 5.10 Å². The largest absolute Gasteiger partial charge is 0.504 e. The van der Waals surface area contributed by atoms with E-state index in [0.717, 1.165) is 5.69 Å². The highest BCUT2D eigenvalue weighted by atomic mass is 16.3. The van der Waals surface area contributed by atoms with E-state index in [-0.39, 0.29) is 11.7 Å². The SMILES string of the molecule is CC(C)c1nn(C)c(-c2ccccn2)c1O. The van der Waals surface area contributed by atoms with Crippen molar-refractivity contribution in [2.75, 3.05) is 0 Å². The Morgan fingerprint density at radius 1 is 1.31 bits per heavy atom. The molecular weight excluding hydrogens is 202 g/mol. The van der Waals surface area contributed by atoms with Crippen LogP contribution >= 0.6 is 0 Å². The molecule has 2 aromatic heterocycles. The van der Waals surface area contributed by atoms with Gasteiger partial charge in [-0.25, -0.2) is 0 Å². The highest BCUT2D eigenvalue weighted by molar-refractivity contribution is 5.64. The molecule has 0 atom stereocenters. The summed E-state index contributed by atoms with van der Waals surface area (Å²) in [5.74, 6) is 0.430. The molecule has 16 heavy (non-hydrogen) atoms. The summed E-state index contributed by atoms with van der Waals surface area (Å²) in [4.78, 5) is 4.22. The molecule has 0 bridgehead atoms. The first kappa shape index (κ1) is 10.7. The fraction of sp³-hybridized carbons (Fsp3) is 0.333. The molecule has 0 spiro atoms. The molecule has 4 heteroatoms. The number of aromatic nitrogens is 3. The number of nitrogens with zero attached hydrogens (tertiary/aromatic N) is 3. The van der Waals surface area contributed by atoms with Crippen LogP contribution in [0.1, 0.15) is 25.5 Å². The molecule has 0 saturated heterocycles. The van der Waals surface area contributed by atoms with Crippen LogP contribution < -0.4 is 0 Å². The van der Waals surface area contributed by atoms with Crippen LogP contribution in [-0.4, -0.2) is 19.9 Å². The predicted molar refractivity (Wildman–Crippen MR) is 62.2 cm³/mol. The van der Waals surface area contributed by atoms with Gasteiger partial charge in [0.1, 0.15) is 11.4 Å². The first-order valence-electron chi connectivity index (χ1n) is 5.28. The molecule has 2 heterocycles. The Kier molecular flexibility index (Phi) is 2.64. The number of aromatic hydroxyl groups is 1. The first-order valence-corrected chi connectivity index (χ1v) is 5.28. The van der Waals surface area contributed by atoms with Gasteiger partial charge in [0.05, 0.1) is 5.69 Å². The molecule has 0 aliphatic heterocycles. The average Bonchev–Trinajstić information content (AvgIpc) is 2.56. The fourth-order valence-electron chi connectivity index (χ4n) is 1.71. The Balaban J connectivity index is 2.58. The molecule has 0 fully saturated rings. The van der Waals surface area contributed by atoms with E-state index in [2.05, 4.69) is 10.1 Å². The van der Waals surface area contributed by atoms with Crippen molar-refractivity contribution in [2.24, 2.45) is 7.05 Å². The number of hydrogen-bond donors (Lipinski definition) is 1. The zero-order chi connectivity index (χ0) is 11.7. The summed E-state index contributed by atoms with van der Waals surface area (Å²) < 4.78 is 1.67. The minimum Gasteiger partial charge on any atom is -0.504 e. The number of aryl methyl sites for hydroxylation is 1. The van der Waals surface area contributed by atoms with Crippen molar-refractivity contribution >= 4 is 0 Å². The topological polar surface area (TPSA) is 50.9 Å². The Hall–Kier alpha value is -1.84. The van der Waals surface area contributed by atoms with E-state index >= 15 is 0 Å². The molecule has 4 nitrogen and oxygen atoms in total. The maximum Gasteiger partial charge on any atom is 0.166 e. The summed E-state index contributed by atoms with van der Waals surface area (Å²) in [5, 5.41) is 14.4. The lowest BCUT2D eigenvalue weighted by Crippen LogP contribution is -1.96. The van der Waals surface area contributed by atoms with Crippen LogP contribution in [-0.2, 0) is 7.05 Å². The summed E-state index contributed by atoms with van der Waals surface area (Å²) in [7, 11) is 1.82. The molecule has 84 valence electrons. The van der Waals surface area contributed by atoms with Crippen molar-refractivity contribution in [1.82, 2.24) is 14.8 Å². The van der Waals surface area contributed by atoms with Crippen LogP contribution in [0.5, 0.6) is 5.75 Å². The molecule has 0 aliphatic rings. The highest BCUT2D eigenvalue weighted by Crippen LogP contribution is 2.33. The van der Waals surface area contributed by atoms with Crippen molar-refractivity contribution in [1.29, 1.82) is 0 Å². The predicted octanol–water partition coefficient (Wildman–Crippen LogP) is 2.31. The lowest BCUT2D eigenvalue weighted by atomic mass is 10.1. The third-order valence-corrected chi connectivity index (χ3v) is 2.50. The van der Waals surface area contributed by atoms with E-state index in [1.807, 2.05) is 39.1 Å². The maximum atomic E-state index is 10.1. The van der Waals surface area contributed by atoms with Crippen LogP contribution in [0.25, 0.3) is 11.4 Å². The molecular formula is C12H15N3O. The van der Waals surface area contributed by atoms with E-state index in [1.54, 1.807) is 10.9 Å². The van der Waals surface area contributed by atoms with Crippen LogP contribution in [0.4, 0.5) is 0 Å². The third kappa shape index (κ3) is 1.66. The Morgan fingerprint density at radius 2 is 2.06 bits per heavy atom. The molecule has 2 rings (SSSR count). The van der Waals surface area contributed by atoms with E-state index in [9.17, 15) is 5.11 Å². The second kappa shape index (κ2) is 3.96. The Labute approximate surface area is 94.6 Å². The minimum absolute atomic E-state index is 0.198. The standard InChI is InChI=1S/C12H15N3O/c1-8(2)10-12(16)11(15(3)14-10)9-6-4-5-7-13-9/h4-8,16H,1-3H3. The Morgan fingerprint density at radius 3 is 2.56 bits per heavy atom. The van der Waals surface area contributed by atoms with Gasteiger partial charge in [0.2, 0.25) is 0 Å². The van der Waals surface area contributed by atoms with Gasteiger partial charge in [0.15, 0.2) is 5.75 Å². The lowest BCUT2D eigenvalue weighted by molar-refractivity contribution is 0.466. The van der Waals surface area contributed by atoms with Crippen molar-refractivity contribution in [3.05, 3.63) is 30.1 Å². The molecule has 0 aliphatic carbocycles. The summed E-state index contributed by atoms with van der Waals surface area (Å²) in [5.41, 5.74) is 2.12. The summed E-state index contributed by atoms with van der Waals surface area (Å²) in [6.07, 6.45) is 1.71. The van der Waals surface area contributed by atoms with Gasteiger partial charge >= 0.3 is 0 Å². The molecule has 0 radical (unpaired) electrons. The minimum atomic E-state index is 0.198. The van der Waals surface area contributed by atoms with Crippen molar-refractivity contribution in [3.8, 4) is 17.1 Å². The second-order valence-corrected chi connectivity index (χ2v) is 4.08. The van der Waals surface area contributed by atoms with Gasteiger partial charge in [-0.1, -0.05) is 19.9 Å². The van der Waals surface area contributed by atoms with Crippen LogP contribution in [0.15, 0.2) is 24.4 Å². The number of hydrogen-bond acceptors (Lipinski definition) is 3. The van der Waals surface area contributed by atoms with E-state index in [4.69, 9.17) is 0 Å². The smallest absolute Gasteiger partial charge is 0.166 e. The molecule has 0 unspecified atom stereocenters. The van der Waals surface area contributed by atoms with Gasteiger partial charge in [-0.05, 0) is 12.1 Å². The van der Waals surface area contributed by atoms with E-state index < -0.39 is 0 Å². The second-order valence-electron chi connectivity index (χ2n) is 4.08. The summed E-state index contributed by atoms with van der Waals surface area (Å²) in [6, 6.07) is 5.60. The van der Waals surface area contributed by atoms with E-state index in [0.29, 0.717) is 11.4 Å².